The molecule has 0 spiro atoms. The molecule has 0 atom stereocenters. The van der Waals surface area contributed by atoms with Crippen molar-refractivity contribution in [3.8, 4) is 17.0 Å². The zero-order chi connectivity index (χ0) is 18.0. The number of aromatic nitrogens is 3. The average Bonchev–Trinajstić information content (AvgIpc) is 2.58. The third-order valence-corrected chi connectivity index (χ3v) is 3.82. The van der Waals surface area contributed by atoms with E-state index in [4.69, 9.17) is 11.6 Å². The molecule has 0 unspecified atom stereocenters. The van der Waals surface area contributed by atoms with E-state index in [-0.39, 0.29) is 16.8 Å². The second-order valence-electron chi connectivity index (χ2n) is 5.40. The van der Waals surface area contributed by atoms with Gasteiger partial charge in [-0.1, -0.05) is 11.6 Å². The number of halogens is 1. The Hall–Kier alpha value is -2.93. The topological polar surface area (TPSA) is 100 Å². The van der Waals surface area contributed by atoms with Gasteiger partial charge >= 0.3 is 6.03 Å². The molecule has 0 bridgehead atoms. The van der Waals surface area contributed by atoms with Gasteiger partial charge in [0, 0.05) is 12.1 Å². The fourth-order valence-electron chi connectivity index (χ4n) is 2.32. The van der Waals surface area contributed by atoms with Gasteiger partial charge in [0.1, 0.15) is 11.3 Å². The first-order valence-corrected chi connectivity index (χ1v) is 8.04. The van der Waals surface area contributed by atoms with E-state index in [2.05, 4.69) is 25.6 Å². The number of urea groups is 1. The van der Waals surface area contributed by atoms with E-state index in [0.29, 0.717) is 34.8 Å². The lowest BCUT2D eigenvalue weighted by molar-refractivity contribution is 0.252. The standard InChI is InChI=1S/C17H16ClN5O2/c1-3-19-17(25)23-14-8-20-13-5-4-12(21-16(13)22-14)10-6-9(2)15(24)11(18)7-10/h4-8,24H,3H2,1-2H3,(H2,19,21,22,23,25). The van der Waals surface area contributed by atoms with E-state index in [1.807, 2.05) is 6.92 Å². The number of rotatable bonds is 3. The Morgan fingerprint density at radius 3 is 2.80 bits per heavy atom. The van der Waals surface area contributed by atoms with Crippen LogP contribution in [0, 0.1) is 6.92 Å². The molecule has 3 aromatic rings. The number of benzene rings is 1. The van der Waals surface area contributed by atoms with E-state index < -0.39 is 0 Å². The summed E-state index contributed by atoms with van der Waals surface area (Å²) in [5.74, 6) is 0.363. The number of fused-ring (bicyclic) bond motifs is 1. The second kappa shape index (κ2) is 6.90. The van der Waals surface area contributed by atoms with Crippen molar-refractivity contribution in [2.45, 2.75) is 13.8 Å². The van der Waals surface area contributed by atoms with Crippen LogP contribution in [0.25, 0.3) is 22.4 Å². The van der Waals surface area contributed by atoms with Gasteiger partial charge in [-0.3, -0.25) is 5.32 Å². The summed E-state index contributed by atoms with van der Waals surface area (Å²) < 4.78 is 0. The van der Waals surface area contributed by atoms with Gasteiger partial charge in [0.2, 0.25) is 0 Å². The predicted molar refractivity (Wildman–Crippen MR) is 96.9 cm³/mol. The summed E-state index contributed by atoms with van der Waals surface area (Å²) in [5.41, 5.74) is 3.05. The monoisotopic (exact) mass is 357 g/mol. The SMILES string of the molecule is CCNC(=O)Nc1cnc2ccc(-c3cc(C)c(O)c(Cl)c3)nc2n1. The molecule has 8 heteroatoms. The summed E-state index contributed by atoms with van der Waals surface area (Å²) in [6.07, 6.45) is 1.47. The molecular weight excluding hydrogens is 342 g/mol. The van der Waals surface area contributed by atoms with Crippen molar-refractivity contribution in [1.29, 1.82) is 0 Å². The maximum Gasteiger partial charge on any atom is 0.320 e. The van der Waals surface area contributed by atoms with Crippen LogP contribution in [0.2, 0.25) is 5.02 Å². The third-order valence-electron chi connectivity index (χ3n) is 3.54. The average molecular weight is 358 g/mol. The number of hydrogen-bond donors (Lipinski definition) is 3. The van der Waals surface area contributed by atoms with E-state index >= 15 is 0 Å². The number of aryl methyl sites for hydroxylation is 1. The van der Waals surface area contributed by atoms with Gasteiger partial charge in [-0.15, -0.1) is 0 Å². The lowest BCUT2D eigenvalue weighted by Crippen LogP contribution is -2.28. The highest BCUT2D eigenvalue weighted by atomic mass is 35.5. The van der Waals surface area contributed by atoms with Gasteiger partial charge < -0.3 is 10.4 Å². The molecule has 3 N–H and O–H groups in total. The fourth-order valence-corrected chi connectivity index (χ4v) is 2.59. The molecular formula is C17H16ClN5O2. The molecule has 3 rings (SSSR count). The minimum Gasteiger partial charge on any atom is -0.506 e. The summed E-state index contributed by atoms with van der Waals surface area (Å²) >= 11 is 6.04. The number of nitrogens with one attached hydrogen (secondary N) is 2. The molecule has 0 saturated carbocycles. The smallest absolute Gasteiger partial charge is 0.320 e. The normalized spacial score (nSPS) is 10.7. The Morgan fingerprint density at radius 1 is 1.28 bits per heavy atom. The van der Waals surface area contributed by atoms with Crippen LogP contribution in [-0.4, -0.2) is 32.6 Å². The Kier molecular flexibility index (Phi) is 4.67. The highest BCUT2D eigenvalue weighted by molar-refractivity contribution is 6.32. The van der Waals surface area contributed by atoms with Gasteiger partial charge in [0.15, 0.2) is 11.5 Å². The molecule has 0 saturated heterocycles. The van der Waals surface area contributed by atoms with Crippen molar-refractivity contribution in [3.05, 3.63) is 41.0 Å². The Labute approximate surface area is 149 Å². The van der Waals surface area contributed by atoms with Crippen LogP contribution in [0.3, 0.4) is 0 Å². The number of phenolic OH excluding ortho intramolecular Hbond substituents is 1. The van der Waals surface area contributed by atoms with Crippen molar-refractivity contribution in [2.24, 2.45) is 0 Å². The molecule has 128 valence electrons. The van der Waals surface area contributed by atoms with Crippen LogP contribution < -0.4 is 10.6 Å². The van der Waals surface area contributed by atoms with Crippen LogP contribution in [0.4, 0.5) is 10.6 Å². The minimum atomic E-state index is -0.353. The van der Waals surface area contributed by atoms with Crippen molar-refractivity contribution >= 4 is 34.6 Å². The van der Waals surface area contributed by atoms with E-state index in [0.717, 1.165) is 5.56 Å². The lowest BCUT2D eigenvalue weighted by Gasteiger charge is -2.08. The number of aromatic hydroxyl groups is 1. The number of hydrogen-bond acceptors (Lipinski definition) is 5. The van der Waals surface area contributed by atoms with E-state index in [1.165, 1.54) is 6.20 Å². The number of carbonyl (C=O) groups excluding carboxylic acids is 1. The maximum atomic E-state index is 11.6. The van der Waals surface area contributed by atoms with Gasteiger partial charge in [0.05, 0.1) is 16.9 Å². The quantitative estimate of drug-likeness (QED) is 0.666. The first kappa shape index (κ1) is 16.9. The molecule has 1 aromatic carbocycles. The summed E-state index contributed by atoms with van der Waals surface area (Å²) in [6.45, 7) is 4.10. The van der Waals surface area contributed by atoms with Gasteiger partial charge in [0.25, 0.3) is 0 Å². The van der Waals surface area contributed by atoms with Crippen LogP contribution in [0.1, 0.15) is 12.5 Å². The Bertz CT molecular complexity index is 938. The van der Waals surface area contributed by atoms with Gasteiger partial charge in [-0.05, 0) is 43.7 Å². The minimum absolute atomic E-state index is 0.0550. The molecule has 2 amide bonds. The molecule has 25 heavy (non-hydrogen) atoms. The second-order valence-corrected chi connectivity index (χ2v) is 5.81. The van der Waals surface area contributed by atoms with Crippen molar-refractivity contribution < 1.29 is 9.90 Å². The first-order valence-electron chi connectivity index (χ1n) is 7.66. The first-order chi connectivity index (χ1) is 12.0. The lowest BCUT2D eigenvalue weighted by atomic mass is 10.1. The number of amides is 2. The number of anilines is 1. The predicted octanol–water partition coefficient (Wildman–Crippen LogP) is 3.50. The summed E-state index contributed by atoms with van der Waals surface area (Å²) in [7, 11) is 0. The fraction of sp³-hybridized carbons (Fsp3) is 0.176. The van der Waals surface area contributed by atoms with Crippen LogP contribution in [0.15, 0.2) is 30.5 Å². The molecule has 2 aromatic heterocycles. The Morgan fingerprint density at radius 2 is 2.08 bits per heavy atom. The van der Waals surface area contributed by atoms with Crippen molar-refractivity contribution in [2.75, 3.05) is 11.9 Å². The number of carbonyl (C=O) groups is 1. The van der Waals surface area contributed by atoms with Crippen LogP contribution in [-0.2, 0) is 0 Å². The highest BCUT2D eigenvalue weighted by Gasteiger charge is 2.10. The van der Waals surface area contributed by atoms with Crippen LogP contribution in [0.5, 0.6) is 5.75 Å². The Balaban J connectivity index is 1.99. The molecule has 0 fully saturated rings. The van der Waals surface area contributed by atoms with Gasteiger partial charge in [-0.25, -0.2) is 19.7 Å². The van der Waals surface area contributed by atoms with E-state index in [9.17, 15) is 9.90 Å². The molecule has 0 aliphatic carbocycles. The molecule has 0 aliphatic rings. The summed E-state index contributed by atoms with van der Waals surface area (Å²) in [4.78, 5) is 24.6. The molecule has 0 radical (unpaired) electrons. The number of nitrogens with zero attached hydrogens (tertiary/aromatic N) is 3. The zero-order valence-electron chi connectivity index (χ0n) is 13.7. The largest absolute Gasteiger partial charge is 0.506 e. The van der Waals surface area contributed by atoms with Crippen molar-refractivity contribution in [1.82, 2.24) is 20.3 Å². The maximum absolute atomic E-state index is 11.6. The van der Waals surface area contributed by atoms with Crippen LogP contribution >= 0.6 is 11.6 Å². The molecule has 0 aliphatic heterocycles. The summed E-state index contributed by atoms with van der Waals surface area (Å²) in [5, 5.41) is 15.3. The molecule has 7 nitrogen and oxygen atoms in total. The van der Waals surface area contributed by atoms with Crippen molar-refractivity contribution in [3.63, 3.8) is 0 Å². The highest BCUT2D eigenvalue weighted by Crippen LogP contribution is 2.32. The molecule has 2 heterocycles. The number of pyridine rings is 1. The number of phenols is 1. The summed E-state index contributed by atoms with van der Waals surface area (Å²) in [6, 6.07) is 6.67. The third kappa shape index (κ3) is 3.61. The van der Waals surface area contributed by atoms with E-state index in [1.54, 1.807) is 31.2 Å². The van der Waals surface area contributed by atoms with Gasteiger partial charge in [-0.2, -0.15) is 0 Å². The zero-order valence-corrected chi connectivity index (χ0v) is 14.4.